The van der Waals surface area contributed by atoms with E-state index < -0.39 is 0 Å². The summed E-state index contributed by atoms with van der Waals surface area (Å²) in [5.74, 6) is 1.64. The first kappa shape index (κ1) is 18.6. The van der Waals surface area contributed by atoms with Crippen LogP contribution in [0.15, 0.2) is 18.2 Å². The summed E-state index contributed by atoms with van der Waals surface area (Å²) in [5.41, 5.74) is 1.09. The largest absolute Gasteiger partial charge is 0.493 e. The highest BCUT2D eigenvalue weighted by molar-refractivity contribution is 5.76. The number of rotatable bonds is 6. The van der Waals surface area contributed by atoms with Gasteiger partial charge in [-0.05, 0) is 50.9 Å². The molecule has 24 heavy (non-hydrogen) atoms. The zero-order valence-corrected chi connectivity index (χ0v) is 15.5. The number of nitrogens with zero attached hydrogens (tertiary/aromatic N) is 2. The van der Waals surface area contributed by atoms with E-state index in [1.807, 2.05) is 30.1 Å². The van der Waals surface area contributed by atoms with Crippen LogP contribution in [0.2, 0.25) is 0 Å². The smallest absolute Gasteiger partial charge is 0.222 e. The van der Waals surface area contributed by atoms with Gasteiger partial charge in [0.1, 0.15) is 0 Å². The van der Waals surface area contributed by atoms with Gasteiger partial charge in [-0.1, -0.05) is 6.07 Å². The van der Waals surface area contributed by atoms with Crippen molar-refractivity contribution in [1.29, 1.82) is 0 Å². The molecule has 1 fully saturated rings. The maximum atomic E-state index is 12.5. The van der Waals surface area contributed by atoms with E-state index in [-0.39, 0.29) is 5.91 Å². The normalized spacial score (nSPS) is 21.4. The molecular weight excluding hydrogens is 304 g/mol. The highest BCUT2D eigenvalue weighted by Crippen LogP contribution is 2.28. The summed E-state index contributed by atoms with van der Waals surface area (Å²) < 4.78 is 10.6. The molecule has 1 aromatic carbocycles. The van der Waals surface area contributed by atoms with E-state index in [2.05, 4.69) is 18.9 Å². The molecule has 0 unspecified atom stereocenters. The molecule has 134 valence electrons. The average molecular weight is 334 g/mol. The van der Waals surface area contributed by atoms with Gasteiger partial charge in [-0.25, -0.2) is 0 Å². The van der Waals surface area contributed by atoms with Crippen LogP contribution in [-0.2, 0) is 11.2 Å². The molecule has 2 rings (SSSR count). The summed E-state index contributed by atoms with van der Waals surface area (Å²) in [6, 6.07) is 6.72. The van der Waals surface area contributed by atoms with E-state index in [0.29, 0.717) is 36.4 Å². The summed E-state index contributed by atoms with van der Waals surface area (Å²) in [7, 11) is 7.35. The molecule has 2 atom stereocenters. The lowest BCUT2D eigenvalue weighted by Gasteiger charge is -2.39. The predicted octanol–water partition coefficient (Wildman–Crippen LogP) is 2.58. The summed E-state index contributed by atoms with van der Waals surface area (Å²) in [5, 5.41) is 0. The summed E-state index contributed by atoms with van der Waals surface area (Å²) in [4.78, 5) is 16.8. The average Bonchev–Trinajstić information content (AvgIpc) is 2.60. The lowest BCUT2D eigenvalue weighted by molar-refractivity contribution is -0.133. The van der Waals surface area contributed by atoms with Crippen molar-refractivity contribution in [3.8, 4) is 11.5 Å². The number of aryl methyl sites for hydroxylation is 1. The van der Waals surface area contributed by atoms with Crippen LogP contribution in [0.5, 0.6) is 11.5 Å². The Bertz CT molecular complexity index is 562. The van der Waals surface area contributed by atoms with Crippen molar-refractivity contribution in [3.05, 3.63) is 23.8 Å². The number of piperidine rings is 1. The van der Waals surface area contributed by atoms with Crippen molar-refractivity contribution in [3.63, 3.8) is 0 Å². The number of amides is 1. The van der Waals surface area contributed by atoms with E-state index in [9.17, 15) is 4.79 Å². The van der Waals surface area contributed by atoms with Gasteiger partial charge in [0.05, 0.1) is 14.2 Å². The Morgan fingerprint density at radius 2 is 2.00 bits per heavy atom. The van der Waals surface area contributed by atoms with Crippen LogP contribution in [0, 0.1) is 0 Å². The molecule has 5 heteroatoms. The monoisotopic (exact) mass is 334 g/mol. The molecule has 0 spiro atoms. The van der Waals surface area contributed by atoms with Gasteiger partial charge in [0.2, 0.25) is 5.91 Å². The molecular formula is C19H30N2O3. The minimum Gasteiger partial charge on any atom is -0.493 e. The molecule has 1 aromatic rings. The van der Waals surface area contributed by atoms with Gasteiger partial charge in [0.15, 0.2) is 11.5 Å². The Morgan fingerprint density at radius 3 is 2.62 bits per heavy atom. The van der Waals surface area contributed by atoms with Crippen molar-refractivity contribution in [2.75, 3.05) is 34.9 Å². The second-order valence-corrected chi connectivity index (χ2v) is 6.70. The third kappa shape index (κ3) is 4.41. The van der Waals surface area contributed by atoms with Gasteiger partial charge in [-0.3, -0.25) is 4.79 Å². The van der Waals surface area contributed by atoms with Crippen molar-refractivity contribution < 1.29 is 14.3 Å². The Balaban J connectivity index is 1.90. The zero-order valence-electron chi connectivity index (χ0n) is 15.5. The molecule has 1 aliphatic rings. The minimum absolute atomic E-state index is 0.214. The zero-order chi connectivity index (χ0) is 17.7. The first-order valence-electron chi connectivity index (χ1n) is 8.63. The topological polar surface area (TPSA) is 42.0 Å². The van der Waals surface area contributed by atoms with Crippen LogP contribution >= 0.6 is 0 Å². The summed E-state index contributed by atoms with van der Waals surface area (Å²) in [6.07, 6.45) is 3.34. The number of benzene rings is 1. The van der Waals surface area contributed by atoms with Gasteiger partial charge >= 0.3 is 0 Å². The van der Waals surface area contributed by atoms with Crippen LogP contribution in [0.25, 0.3) is 0 Å². The van der Waals surface area contributed by atoms with E-state index in [4.69, 9.17) is 9.47 Å². The number of methoxy groups -OCH3 is 2. The number of hydrogen-bond donors (Lipinski definition) is 0. The third-order valence-electron chi connectivity index (χ3n) is 5.20. The first-order valence-corrected chi connectivity index (χ1v) is 8.63. The van der Waals surface area contributed by atoms with Crippen molar-refractivity contribution in [1.82, 2.24) is 9.80 Å². The molecule has 1 aliphatic heterocycles. The van der Waals surface area contributed by atoms with Crippen LogP contribution < -0.4 is 9.47 Å². The lowest BCUT2D eigenvalue weighted by atomic mass is 9.97. The molecule has 0 aromatic heterocycles. The number of ether oxygens (including phenoxy) is 2. The van der Waals surface area contributed by atoms with Crippen LogP contribution in [0.3, 0.4) is 0 Å². The molecule has 5 nitrogen and oxygen atoms in total. The second-order valence-electron chi connectivity index (χ2n) is 6.70. The van der Waals surface area contributed by atoms with Crippen molar-refractivity contribution >= 4 is 5.91 Å². The van der Waals surface area contributed by atoms with Crippen LogP contribution in [0.4, 0.5) is 0 Å². The number of carbonyl (C=O) groups excluding carboxylic acids is 1. The second kappa shape index (κ2) is 8.38. The fourth-order valence-corrected chi connectivity index (χ4v) is 3.28. The highest BCUT2D eigenvalue weighted by Gasteiger charge is 2.27. The Labute approximate surface area is 145 Å². The molecule has 0 bridgehead atoms. The Hall–Kier alpha value is -1.75. The molecule has 1 amide bonds. The van der Waals surface area contributed by atoms with Gasteiger partial charge in [-0.15, -0.1) is 0 Å². The maximum Gasteiger partial charge on any atom is 0.222 e. The standard InChI is InChI=1S/C19H30N2O3/c1-14-12-16(10-11-20(14)2)21(3)19(22)9-7-15-6-8-17(23-4)18(13-15)24-5/h6,8,13-14,16H,7,9-12H2,1-5H3/t14-,16+/m0/s1. The Morgan fingerprint density at radius 1 is 1.29 bits per heavy atom. The fraction of sp³-hybridized carbons (Fsp3) is 0.632. The highest BCUT2D eigenvalue weighted by atomic mass is 16.5. The SMILES string of the molecule is COc1ccc(CCC(=O)N(C)[C@@H]2CCN(C)[C@@H](C)C2)cc1OC. The fourth-order valence-electron chi connectivity index (χ4n) is 3.28. The molecule has 0 aliphatic carbocycles. The van der Waals surface area contributed by atoms with E-state index in [1.165, 1.54) is 0 Å². The molecule has 0 radical (unpaired) electrons. The van der Waals surface area contributed by atoms with E-state index in [1.54, 1.807) is 14.2 Å². The number of carbonyl (C=O) groups is 1. The van der Waals surface area contributed by atoms with Gasteiger partial charge in [0, 0.05) is 32.1 Å². The van der Waals surface area contributed by atoms with Gasteiger partial charge < -0.3 is 19.3 Å². The summed E-state index contributed by atoms with van der Waals surface area (Å²) >= 11 is 0. The van der Waals surface area contributed by atoms with E-state index in [0.717, 1.165) is 24.9 Å². The van der Waals surface area contributed by atoms with Gasteiger partial charge in [-0.2, -0.15) is 0 Å². The quantitative estimate of drug-likeness (QED) is 0.802. The third-order valence-corrected chi connectivity index (χ3v) is 5.20. The van der Waals surface area contributed by atoms with E-state index >= 15 is 0 Å². The van der Waals surface area contributed by atoms with Crippen molar-refractivity contribution in [2.45, 2.75) is 44.7 Å². The number of likely N-dealkylation sites (tertiary alicyclic amines) is 1. The maximum absolute atomic E-state index is 12.5. The molecule has 0 saturated carbocycles. The lowest BCUT2D eigenvalue weighted by Crippen LogP contribution is -2.48. The van der Waals surface area contributed by atoms with Crippen molar-refractivity contribution in [2.24, 2.45) is 0 Å². The van der Waals surface area contributed by atoms with Crippen LogP contribution in [-0.4, -0.2) is 62.7 Å². The van der Waals surface area contributed by atoms with Crippen LogP contribution in [0.1, 0.15) is 31.7 Å². The minimum atomic E-state index is 0.214. The predicted molar refractivity (Wildman–Crippen MR) is 95.8 cm³/mol. The first-order chi connectivity index (χ1) is 11.5. The molecule has 0 N–H and O–H groups in total. The molecule has 1 heterocycles. The summed E-state index contributed by atoms with van der Waals surface area (Å²) in [6.45, 7) is 3.28. The van der Waals surface area contributed by atoms with Gasteiger partial charge in [0.25, 0.3) is 0 Å². The molecule has 1 saturated heterocycles. The Kier molecular flexibility index (Phi) is 6.49. The number of hydrogen-bond acceptors (Lipinski definition) is 4.